The molecule has 1 amide bonds. The van der Waals surface area contributed by atoms with Crippen LogP contribution in [-0.4, -0.2) is 28.5 Å². The summed E-state index contributed by atoms with van der Waals surface area (Å²) in [5.74, 6) is 0.0298. The Morgan fingerprint density at radius 2 is 1.90 bits per heavy atom. The Labute approximate surface area is 171 Å². The van der Waals surface area contributed by atoms with Crippen molar-refractivity contribution >= 4 is 28.5 Å². The number of nitriles is 1. The molecule has 0 aliphatic carbocycles. The number of hydrogen-bond donors (Lipinski definition) is 0. The lowest BCUT2D eigenvalue weighted by Crippen LogP contribution is -2.33. The van der Waals surface area contributed by atoms with Gasteiger partial charge in [-0.2, -0.15) is 5.26 Å². The second-order valence-electron chi connectivity index (χ2n) is 7.17. The van der Waals surface area contributed by atoms with Crippen molar-refractivity contribution in [2.24, 2.45) is 0 Å². The van der Waals surface area contributed by atoms with E-state index in [1.807, 2.05) is 53.6 Å². The van der Waals surface area contributed by atoms with Gasteiger partial charge in [-0.25, -0.2) is 0 Å². The number of rotatable bonds is 5. The lowest BCUT2D eigenvalue weighted by molar-refractivity contribution is -0.125. The van der Waals surface area contributed by atoms with Gasteiger partial charge >= 0.3 is 0 Å². The average molecular weight is 381 g/mol. The fourth-order valence-electron chi connectivity index (χ4n) is 3.81. The Morgan fingerprint density at radius 1 is 1.10 bits per heavy atom. The molecule has 29 heavy (non-hydrogen) atoms. The zero-order valence-electron chi connectivity index (χ0n) is 16.3. The van der Waals surface area contributed by atoms with E-state index < -0.39 is 0 Å². The number of fused-ring (bicyclic) bond motifs is 1. The lowest BCUT2D eigenvalue weighted by atomic mass is 9.99. The number of carbonyl (C=O) groups is 1. The van der Waals surface area contributed by atoms with Crippen molar-refractivity contribution in [2.75, 3.05) is 13.1 Å². The van der Waals surface area contributed by atoms with Gasteiger partial charge in [-0.05, 0) is 29.7 Å². The smallest absolute Gasteiger partial charge is 0.246 e. The molecule has 0 radical (unpaired) electrons. The summed E-state index contributed by atoms with van der Waals surface area (Å²) in [6.45, 7) is 2.02. The van der Waals surface area contributed by atoms with Crippen LogP contribution < -0.4 is 0 Å². The second kappa shape index (κ2) is 8.62. The first kappa shape index (κ1) is 18.8. The van der Waals surface area contributed by atoms with Gasteiger partial charge in [-0.1, -0.05) is 54.6 Å². The van der Waals surface area contributed by atoms with Gasteiger partial charge in [0.05, 0.1) is 12.5 Å². The van der Waals surface area contributed by atoms with Crippen molar-refractivity contribution in [1.82, 2.24) is 9.47 Å². The summed E-state index contributed by atoms with van der Waals surface area (Å²) < 4.78 is 2.08. The fourth-order valence-corrected chi connectivity index (χ4v) is 3.81. The second-order valence-corrected chi connectivity index (χ2v) is 7.17. The molecule has 2 heterocycles. The summed E-state index contributed by atoms with van der Waals surface area (Å²) in [4.78, 5) is 14.6. The third kappa shape index (κ3) is 4.14. The highest BCUT2D eigenvalue weighted by Gasteiger charge is 2.16. The Balaban J connectivity index is 1.48. The molecule has 0 bridgehead atoms. The molecule has 144 valence electrons. The van der Waals surface area contributed by atoms with Crippen molar-refractivity contribution < 1.29 is 4.79 Å². The van der Waals surface area contributed by atoms with E-state index in [4.69, 9.17) is 5.26 Å². The molecule has 0 fully saturated rings. The highest BCUT2D eigenvalue weighted by atomic mass is 16.2. The van der Waals surface area contributed by atoms with Crippen LogP contribution in [0, 0.1) is 11.3 Å². The molecule has 0 saturated carbocycles. The first-order chi connectivity index (χ1) is 14.3. The van der Waals surface area contributed by atoms with Crippen LogP contribution in [0.2, 0.25) is 0 Å². The number of amides is 1. The third-order valence-corrected chi connectivity index (χ3v) is 5.35. The summed E-state index contributed by atoms with van der Waals surface area (Å²) in [6.07, 6.45) is 9.07. The normalized spacial score (nSPS) is 14.2. The topological polar surface area (TPSA) is 49.0 Å². The third-order valence-electron chi connectivity index (χ3n) is 5.35. The number of carbonyl (C=O) groups excluding carboxylic acids is 1. The molecule has 0 unspecified atom stereocenters. The number of benzene rings is 2. The van der Waals surface area contributed by atoms with E-state index in [1.165, 1.54) is 11.1 Å². The number of nitrogens with zero attached hydrogens (tertiary/aromatic N) is 3. The number of aromatic nitrogens is 1. The highest BCUT2D eigenvalue weighted by molar-refractivity contribution is 5.96. The number of hydrogen-bond acceptors (Lipinski definition) is 2. The van der Waals surface area contributed by atoms with Crippen molar-refractivity contribution in [3.63, 3.8) is 0 Å². The molecule has 4 heteroatoms. The molecular weight excluding hydrogens is 358 g/mol. The van der Waals surface area contributed by atoms with Gasteiger partial charge < -0.3 is 9.47 Å². The molecule has 0 spiro atoms. The van der Waals surface area contributed by atoms with Crippen LogP contribution in [0.15, 0.2) is 72.9 Å². The summed E-state index contributed by atoms with van der Waals surface area (Å²) in [5, 5.41) is 9.98. The van der Waals surface area contributed by atoms with Gasteiger partial charge in [-0.15, -0.1) is 0 Å². The van der Waals surface area contributed by atoms with Crippen LogP contribution in [0.25, 0.3) is 22.6 Å². The summed E-state index contributed by atoms with van der Waals surface area (Å²) in [5.41, 5.74) is 4.63. The van der Waals surface area contributed by atoms with Crippen molar-refractivity contribution in [1.29, 1.82) is 5.26 Å². The zero-order valence-corrected chi connectivity index (χ0v) is 16.3. The first-order valence-electron chi connectivity index (χ1n) is 9.92. The Morgan fingerprint density at radius 3 is 2.66 bits per heavy atom. The first-order valence-corrected chi connectivity index (χ1v) is 9.92. The van der Waals surface area contributed by atoms with Crippen LogP contribution in [-0.2, 0) is 11.3 Å². The van der Waals surface area contributed by atoms with Crippen molar-refractivity contribution in [3.05, 3.63) is 84.1 Å². The quantitative estimate of drug-likeness (QED) is 0.591. The maximum Gasteiger partial charge on any atom is 0.246 e. The van der Waals surface area contributed by atoms with E-state index in [1.54, 1.807) is 6.08 Å². The minimum atomic E-state index is 0.0298. The van der Waals surface area contributed by atoms with Gasteiger partial charge in [-0.3, -0.25) is 4.79 Å². The summed E-state index contributed by atoms with van der Waals surface area (Å²) in [7, 11) is 0. The molecule has 4 rings (SSSR count). The van der Waals surface area contributed by atoms with Crippen LogP contribution in [0.5, 0.6) is 0 Å². The number of aryl methyl sites for hydroxylation is 1. The molecule has 1 aliphatic heterocycles. The van der Waals surface area contributed by atoms with E-state index in [2.05, 4.69) is 34.9 Å². The SMILES string of the molecule is N#CCCn1cc(C=CC(=O)N2CC=C(c3ccccc3)CC2)c2ccccc21. The van der Waals surface area contributed by atoms with Crippen LogP contribution in [0.3, 0.4) is 0 Å². The molecule has 4 nitrogen and oxygen atoms in total. The lowest BCUT2D eigenvalue weighted by Gasteiger charge is -2.25. The van der Waals surface area contributed by atoms with E-state index >= 15 is 0 Å². The van der Waals surface area contributed by atoms with Gasteiger partial charge in [0, 0.05) is 48.4 Å². The molecular formula is C25H23N3O. The van der Waals surface area contributed by atoms with Crippen LogP contribution in [0.4, 0.5) is 0 Å². The molecule has 0 N–H and O–H groups in total. The maximum atomic E-state index is 12.7. The standard InChI is InChI=1S/C25H23N3O/c26-15-6-16-28-19-22(23-9-4-5-10-24(23)28)11-12-25(29)27-17-13-21(14-18-27)20-7-2-1-3-8-20/h1-5,7-13,19H,6,14,16-18H2. The minimum absolute atomic E-state index is 0.0298. The fraction of sp³-hybridized carbons (Fsp3) is 0.200. The van der Waals surface area contributed by atoms with E-state index in [0.717, 1.165) is 29.4 Å². The van der Waals surface area contributed by atoms with Gasteiger partial charge in [0.1, 0.15) is 0 Å². The molecule has 0 atom stereocenters. The minimum Gasteiger partial charge on any atom is -0.346 e. The Bertz CT molecular complexity index is 1120. The molecule has 1 aliphatic rings. The zero-order chi connectivity index (χ0) is 20.1. The van der Waals surface area contributed by atoms with E-state index in [9.17, 15) is 4.79 Å². The monoisotopic (exact) mass is 381 g/mol. The Hall–Kier alpha value is -3.58. The summed E-state index contributed by atoms with van der Waals surface area (Å²) >= 11 is 0. The van der Waals surface area contributed by atoms with Crippen LogP contribution in [0.1, 0.15) is 24.0 Å². The van der Waals surface area contributed by atoms with Gasteiger partial charge in [0.25, 0.3) is 0 Å². The highest BCUT2D eigenvalue weighted by Crippen LogP contribution is 2.24. The summed E-state index contributed by atoms with van der Waals surface area (Å²) in [6, 6.07) is 20.6. The predicted molar refractivity (Wildman–Crippen MR) is 117 cm³/mol. The van der Waals surface area contributed by atoms with E-state index in [-0.39, 0.29) is 5.91 Å². The molecule has 0 saturated heterocycles. The van der Waals surface area contributed by atoms with Crippen molar-refractivity contribution in [3.8, 4) is 6.07 Å². The number of para-hydroxylation sites is 1. The van der Waals surface area contributed by atoms with Gasteiger partial charge in [0.15, 0.2) is 0 Å². The molecule has 2 aromatic carbocycles. The van der Waals surface area contributed by atoms with Crippen LogP contribution >= 0.6 is 0 Å². The largest absolute Gasteiger partial charge is 0.346 e. The van der Waals surface area contributed by atoms with E-state index in [0.29, 0.717) is 19.5 Å². The van der Waals surface area contributed by atoms with Gasteiger partial charge in [0.2, 0.25) is 5.91 Å². The Kier molecular flexibility index (Phi) is 5.58. The predicted octanol–water partition coefficient (Wildman–Crippen LogP) is 4.88. The molecule has 1 aromatic heterocycles. The average Bonchev–Trinajstić information content (AvgIpc) is 3.14. The maximum absolute atomic E-state index is 12.7. The molecule has 3 aromatic rings. The van der Waals surface area contributed by atoms with Crippen molar-refractivity contribution in [2.45, 2.75) is 19.4 Å².